The third-order valence-electron chi connectivity index (χ3n) is 2.79. The van der Waals surface area contributed by atoms with Crippen molar-refractivity contribution in [3.8, 4) is 0 Å². The summed E-state index contributed by atoms with van der Waals surface area (Å²) in [7, 11) is 0. The smallest absolute Gasteiger partial charge is 0.279 e. The number of aromatic nitrogens is 2. The van der Waals surface area contributed by atoms with Crippen molar-refractivity contribution in [3.05, 3.63) is 29.6 Å². The molecule has 1 aromatic heterocycles. The minimum Gasteiger partial charge on any atom is -0.327 e. The lowest BCUT2D eigenvalue weighted by Gasteiger charge is -2.22. The van der Waals surface area contributed by atoms with E-state index in [1.54, 1.807) is 4.90 Å². The minimum absolute atomic E-state index is 0.0363. The average molecular weight is 241 g/mol. The van der Waals surface area contributed by atoms with Crippen molar-refractivity contribution in [2.75, 3.05) is 6.54 Å². The molecule has 0 aromatic carbocycles. The fourth-order valence-corrected chi connectivity index (χ4v) is 1.87. The lowest BCUT2D eigenvalue weighted by Crippen LogP contribution is -2.35. The number of aromatic amines is 1. The van der Waals surface area contributed by atoms with E-state index in [0.29, 0.717) is 6.54 Å². The van der Waals surface area contributed by atoms with E-state index in [-0.39, 0.29) is 23.3 Å². The third kappa shape index (κ3) is 2.20. The number of carbonyl (C=O) groups excluding carboxylic acids is 1. The Morgan fingerprint density at radius 2 is 2.47 bits per heavy atom. The monoisotopic (exact) mass is 241 g/mol. The van der Waals surface area contributed by atoms with Gasteiger partial charge >= 0.3 is 0 Å². The lowest BCUT2D eigenvalue weighted by atomic mass is 10.2. The Morgan fingerprint density at radius 3 is 3.06 bits per heavy atom. The minimum atomic E-state index is -2.64. The predicted molar refractivity (Wildman–Crippen MR) is 57.8 cm³/mol. The summed E-state index contributed by atoms with van der Waals surface area (Å²) in [5, 5.41) is 5.80. The first-order chi connectivity index (χ1) is 8.13. The van der Waals surface area contributed by atoms with E-state index in [2.05, 4.69) is 10.2 Å². The number of H-pyrrole nitrogens is 1. The van der Waals surface area contributed by atoms with Crippen LogP contribution in [0.3, 0.4) is 0 Å². The molecule has 1 amide bonds. The second-order valence-electron chi connectivity index (χ2n) is 3.87. The Kier molecular flexibility index (Phi) is 3.21. The van der Waals surface area contributed by atoms with Gasteiger partial charge in [0.1, 0.15) is 5.69 Å². The number of nitrogens with one attached hydrogen (secondary N) is 1. The van der Waals surface area contributed by atoms with Crippen LogP contribution in [0.15, 0.2) is 18.2 Å². The zero-order valence-electron chi connectivity index (χ0n) is 9.36. The molecule has 4 nitrogen and oxygen atoms in total. The van der Waals surface area contributed by atoms with Crippen LogP contribution in [0, 0.1) is 0 Å². The molecule has 1 aromatic rings. The first-order valence-electron chi connectivity index (χ1n) is 5.44. The van der Waals surface area contributed by atoms with E-state index in [0.717, 1.165) is 12.5 Å². The molecule has 1 N–H and O–H groups in total. The molecule has 6 heteroatoms. The van der Waals surface area contributed by atoms with Crippen LogP contribution in [0.5, 0.6) is 0 Å². The zero-order chi connectivity index (χ0) is 12.4. The van der Waals surface area contributed by atoms with Gasteiger partial charge in [-0.25, -0.2) is 8.78 Å². The van der Waals surface area contributed by atoms with Gasteiger partial charge < -0.3 is 4.90 Å². The van der Waals surface area contributed by atoms with Crippen LogP contribution >= 0.6 is 0 Å². The van der Waals surface area contributed by atoms with E-state index in [9.17, 15) is 13.6 Å². The molecule has 0 spiro atoms. The summed E-state index contributed by atoms with van der Waals surface area (Å²) in [6.45, 7) is 2.48. The van der Waals surface area contributed by atoms with E-state index >= 15 is 0 Å². The highest BCUT2D eigenvalue weighted by Gasteiger charge is 2.26. The number of hydrogen-bond acceptors (Lipinski definition) is 2. The molecule has 92 valence electrons. The molecule has 0 saturated carbocycles. The van der Waals surface area contributed by atoms with Gasteiger partial charge in [-0.1, -0.05) is 19.1 Å². The summed E-state index contributed by atoms with van der Waals surface area (Å²) >= 11 is 0. The Labute approximate surface area is 97.3 Å². The van der Waals surface area contributed by atoms with Crippen LogP contribution in [0.2, 0.25) is 0 Å². The summed E-state index contributed by atoms with van der Waals surface area (Å²) in [6.07, 6.45) is 2.00. The van der Waals surface area contributed by atoms with Crippen molar-refractivity contribution < 1.29 is 13.6 Å². The van der Waals surface area contributed by atoms with Crippen LogP contribution in [0.1, 0.15) is 36.0 Å². The van der Waals surface area contributed by atoms with Crippen molar-refractivity contribution in [1.82, 2.24) is 15.1 Å². The quantitative estimate of drug-likeness (QED) is 0.824. The summed E-state index contributed by atoms with van der Waals surface area (Å²) in [5.74, 6) is -0.315. The molecule has 1 aliphatic rings. The number of hydrogen-bond donors (Lipinski definition) is 1. The van der Waals surface area contributed by atoms with E-state index < -0.39 is 6.43 Å². The molecule has 0 bridgehead atoms. The van der Waals surface area contributed by atoms with Gasteiger partial charge in [-0.05, 0) is 12.5 Å². The Bertz CT molecular complexity index is 442. The second-order valence-corrected chi connectivity index (χ2v) is 3.87. The van der Waals surface area contributed by atoms with Crippen molar-refractivity contribution in [1.29, 1.82) is 0 Å². The number of rotatable bonds is 3. The highest BCUT2D eigenvalue weighted by molar-refractivity contribution is 5.93. The number of nitrogens with zero attached hydrogens (tertiary/aromatic N) is 2. The van der Waals surface area contributed by atoms with Crippen molar-refractivity contribution in [3.63, 3.8) is 0 Å². The van der Waals surface area contributed by atoms with Gasteiger partial charge in [0.05, 0.1) is 6.04 Å². The number of halogens is 2. The normalized spacial score (nSPS) is 19.3. The summed E-state index contributed by atoms with van der Waals surface area (Å²) in [5.41, 5.74) is -0.281. The maximum Gasteiger partial charge on any atom is 0.279 e. The summed E-state index contributed by atoms with van der Waals surface area (Å²) in [6, 6.07) is 1.15. The molecule has 0 aliphatic carbocycles. The largest absolute Gasteiger partial charge is 0.327 e. The molecule has 1 atom stereocenters. The fourth-order valence-electron chi connectivity index (χ4n) is 1.87. The zero-order valence-corrected chi connectivity index (χ0v) is 9.36. The van der Waals surface area contributed by atoms with Gasteiger partial charge in [0.2, 0.25) is 0 Å². The number of carbonyl (C=O) groups is 1. The van der Waals surface area contributed by atoms with Crippen LogP contribution in [0.25, 0.3) is 0 Å². The number of amides is 1. The van der Waals surface area contributed by atoms with Crippen LogP contribution in [-0.4, -0.2) is 33.6 Å². The topological polar surface area (TPSA) is 49.0 Å². The van der Waals surface area contributed by atoms with Crippen LogP contribution in [-0.2, 0) is 0 Å². The standard InChI is InChI=1S/C11H13F2N3O/c1-2-7-4-3-5-16(7)11(17)9-6-8(10(12)13)14-15-9/h3-4,6-7,10H,2,5H2,1H3,(H,14,15)/t7-/m0/s1. The van der Waals surface area contributed by atoms with Gasteiger partial charge in [0.25, 0.3) is 12.3 Å². The van der Waals surface area contributed by atoms with Crippen molar-refractivity contribution >= 4 is 5.91 Å². The summed E-state index contributed by atoms with van der Waals surface area (Å²) in [4.78, 5) is 13.6. The number of alkyl halides is 2. The molecule has 0 saturated heterocycles. The van der Waals surface area contributed by atoms with Crippen LogP contribution in [0.4, 0.5) is 8.78 Å². The average Bonchev–Trinajstić information content (AvgIpc) is 2.96. The Morgan fingerprint density at radius 1 is 1.71 bits per heavy atom. The molecule has 0 fully saturated rings. The van der Waals surface area contributed by atoms with Crippen molar-refractivity contribution in [2.24, 2.45) is 0 Å². The van der Waals surface area contributed by atoms with Gasteiger partial charge in [0, 0.05) is 6.54 Å². The van der Waals surface area contributed by atoms with Gasteiger partial charge in [-0.2, -0.15) is 5.10 Å². The summed E-state index contributed by atoms with van der Waals surface area (Å²) < 4.78 is 24.7. The highest BCUT2D eigenvalue weighted by atomic mass is 19.3. The van der Waals surface area contributed by atoms with Gasteiger partial charge in [-0.15, -0.1) is 0 Å². The third-order valence-corrected chi connectivity index (χ3v) is 2.79. The Hall–Kier alpha value is -1.72. The molecule has 2 rings (SSSR count). The second kappa shape index (κ2) is 4.65. The fraction of sp³-hybridized carbons (Fsp3) is 0.455. The van der Waals surface area contributed by atoms with Gasteiger partial charge in [0.15, 0.2) is 5.69 Å². The first-order valence-corrected chi connectivity index (χ1v) is 5.44. The molecular formula is C11H13F2N3O. The maximum absolute atomic E-state index is 12.4. The van der Waals surface area contributed by atoms with Crippen LogP contribution < -0.4 is 0 Å². The highest BCUT2D eigenvalue weighted by Crippen LogP contribution is 2.20. The molecule has 0 unspecified atom stereocenters. The van der Waals surface area contributed by atoms with E-state index in [1.165, 1.54) is 0 Å². The van der Waals surface area contributed by atoms with Gasteiger partial charge in [-0.3, -0.25) is 9.89 Å². The molecule has 17 heavy (non-hydrogen) atoms. The molecule has 0 radical (unpaired) electrons. The maximum atomic E-state index is 12.4. The van der Waals surface area contributed by atoms with E-state index in [4.69, 9.17) is 0 Å². The SMILES string of the molecule is CC[C@H]1C=CCN1C(=O)c1cc(C(F)F)[nH]n1. The van der Waals surface area contributed by atoms with Crippen molar-refractivity contribution in [2.45, 2.75) is 25.8 Å². The predicted octanol–water partition coefficient (Wildman–Crippen LogP) is 2.14. The van der Waals surface area contributed by atoms with E-state index in [1.807, 2.05) is 19.1 Å². The molecule has 2 heterocycles. The Balaban J connectivity index is 2.14. The first kappa shape index (κ1) is 11.8. The molecular weight excluding hydrogens is 228 g/mol. The molecule has 1 aliphatic heterocycles. The lowest BCUT2D eigenvalue weighted by molar-refractivity contribution is 0.0741.